The second-order valence-electron chi connectivity index (χ2n) is 13.6. The van der Waals surface area contributed by atoms with Crippen molar-refractivity contribution in [3.05, 3.63) is 206 Å². The summed E-state index contributed by atoms with van der Waals surface area (Å²) in [4.78, 5) is 7.23. The van der Waals surface area contributed by atoms with E-state index in [1.165, 1.54) is 27.8 Å². The van der Waals surface area contributed by atoms with Gasteiger partial charge in [-0.1, -0.05) is 152 Å². The maximum absolute atomic E-state index is 6.51. The molecular formula is C51H34N2O. The van der Waals surface area contributed by atoms with Gasteiger partial charge in [-0.05, 0) is 104 Å². The second kappa shape index (κ2) is 13.4. The minimum Gasteiger partial charge on any atom is -0.435 e. The average Bonchev–Trinajstić information content (AvgIpc) is 3.70. The van der Waals surface area contributed by atoms with Gasteiger partial charge < -0.3 is 9.32 Å². The number of rotatable bonds is 7. The number of hydrogen-bond acceptors (Lipinski definition) is 3. The van der Waals surface area contributed by atoms with Crippen LogP contribution in [0.3, 0.4) is 0 Å². The Kier molecular flexibility index (Phi) is 7.81. The van der Waals surface area contributed by atoms with Crippen LogP contribution in [0.1, 0.15) is 0 Å². The number of hydrogen-bond donors (Lipinski definition) is 0. The van der Waals surface area contributed by atoms with Crippen molar-refractivity contribution in [2.45, 2.75) is 0 Å². The highest BCUT2D eigenvalue weighted by molar-refractivity contribution is 6.18. The molecule has 10 aromatic rings. The number of fused-ring (bicyclic) bond motifs is 5. The van der Waals surface area contributed by atoms with Gasteiger partial charge in [0.25, 0.3) is 0 Å². The first-order valence-electron chi connectivity index (χ1n) is 18.3. The zero-order valence-corrected chi connectivity index (χ0v) is 29.4. The van der Waals surface area contributed by atoms with Gasteiger partial charge >= 0.3 is 0 Å². The first kappa shape index (κ1) is 31.5. The van der Waals surface area contributed by atoms with Gasteiger partial charge in [0, 0.05) is 28.0 Å². The largest absolute Gasteiger partial charge is 0.435 e. The van der Waals surface area contributed by atoms with E-state index in [9.17, 15) is 0 Å². The standard InChI is InChI=1S/C51H34N2O/c1-4-13-35(14-5-1)36-25-28-42(29-26-36)53(43-20-12-19-40(33-43)46-22-11-10-21-45(46)37-15-6-2-7-16-37)44-30-31-47-41(34-44)24-23-38-27-32-48-50(49(38)47)54-51(52-48)39-17-8-3-9-18-39/h1-34H. The van der Waals surface area contributed by atoms with E-state index >= 15 is 0 Å². The fourth-order valence-electron chi connectivity index (χ4n) is 7.66. The second-order valence-corrected chi connectivity index (χ2v) is 13.6. The van der Waals surface area contributed by atoms with Crippen LogP contribution in [-0.4, -0.2) is 4.98 Å². The molecule has 54 heavy (non-hydrogen) atoms. The molecule has 0 aliphatic rings. The molecule has 0 N–H and O–H groups in total. The van der Waals surface area contributed by atoms with E-state index in [2.05, 4.69) is 181 Å². The summed E-state index contributed by atoms with van der Waals surface area (Å²) in [5.74, 6) is 0.630. The van der Waals surface area contributed by atoms with Crippen LogP contribution >= 0.6 is 0 Å². The molecule has 3 heteroatoms. The fourth-order valence-corrected chi connectivity index (χ4v) is 7.66. The van der Waals surface area contributed by atoms with E-state index in [4.69, 9.17) is 9.40 Å². The summed E-state index contributed by atoms with van der Waals surface area (Å²) < 4.78 is 6.51. The summed E-state index contributed by atoms with van der Waals surface area (Å²) in [6.07, 6.45) is 0. The van der Waals surface area contributed by atoms with Crippen LogP contribution in [0.2, 0.25) is 0 Å². The van der Waals surface area contributed by atoms with E-state index in [-0.39, 0.29) is 0 Å². The molecule has 0 bridgehead atoms. The fraction of sp³-hybridized carbons (Fsp3) is 0. The molecule has 0 aliphatic carbocycles. The molecule has 9 aromatic carbocycles. The Morgan fingerprint density at radius 1 is 0.370 bits per heavy atom. The van der Waals surface area contributed by atoms with Crippen LogP contribution in [0.15, 0.2) is 211 Å². The molecule has 0 saturated carbocycles. The average molecular weight is 691 g/mol. The van der Waals surface area contributed by atoms with Crippen LogP contribution in [0, 0.1) is 0 Å². The van der Waals surface area contributed by atoms with Gasteiger partial charge in [-0.15, -0.1) is 0 Å². The van der Waals surface area contributed by atoms with Crippen molar-refractivity contribution in [2.24, 2.45) is 0 Å². The van der Waals surface area contributed by atoms with Crippen molar-refractivity contribution < 1.29 is 4.42 Å². The molecular weight excluding hydrogens is 657 g/mol. The summed E-state index contributed by atoms with van der Waals surface area (Å²) >= 11 is 0. The van der Waals surface area contributed by atoms with Gasteiger partial charge in [0.1, 0.15) is 5.52 Å². The number of oxazole rings is 1. The SMILES string of the molecule is c1ccc(-c2ccc(N(c3cccc(-c4ccccc4-c4ccccc4)c3)c3ccc4c(ccc5ccc6nc(-c7ccccc7)oc6c54)c3)cc2)cc1. The predicted molar refractivity (Wildman–Crippen MR) is 225 cm³/mol. The summed E-state index contributed by atoms with van der Waals surface area (Å²) in [5, 5.41) is 4.45. The Hall–Kier alpha value is -7.23. The van der Waals surface area contributed by atoms with Crippen LogP contribution in [0.25, 0.3) is 77.5 Å². The lowest BCUT2D eigenvalue weighted by Crippen LogP contribution is -2.10. The molecule has 0 radical (unpaired) electrons. The van der Waals surface area contributed by atoms with E-state index in [0.29, 0.717) is 5.89 Å². The molecule has 0 fully saturated rings. The molecule has 1 aromatic heterocycles. The van der Waals surface area contributed by atoms with Gasteiger partial charge in [-0.2, -0.15) is 0 Å². The maximum Gasteiger partial charge on any atom is 0.227 e. The summed E-state index contributed by atoms with van der Waals surface area (Å²) in [5.41, 5.74) is 13.0. The topological polar surface area (TPSA) is 29.3 Å². The number of nitrogens with zero attached hydrogens (tertiary/aromatic N) is 2. The molecule has 1 heterocycles. The number of anilines is 3. The van der Waals surface area contributed by atoms with Crippen molar-refractivity contribution in [3.8, 4) is 44.8 Å². The molecule has 0 amide bonds. The number of aromatic nitrogens is 1. The third kappa shape index (κ3) is 5.69. The Morgan fingerprint density at radius 2 is 0.926 bits per heavy atom. The predicted octanol–water partition coefficient (Wildman–Crippen LogP) is 14.3. The minimum absolute atomic E-state index is 0.630. The molecule has 3 nitrogen and oxygen atoms in total. The van der Waals surface area contributed by atoms with E-state index in [0.717, 1.165) is 60.8 Å². The van der Waals surface area contributed by atoms with Crippen LogP contribution in [0.4, 0.5) is 17.1 Å². The summed E-state index contributed by atoms with van der Waals surface area (Å²) in [6.45, 7) is 0. The minimum atomic E-state index is 0.630. The highest BCUT2D eigenvalue weighted by Crippen LogP contribution is 2.42. The maximum atomic E-state index is 6.51. The van der Waals surface area contributed by atoms with E-state index in [1.54, 1.807) is 0 Å². The zero-order chi connectivity index (χ0) is 35.8. The molecule has 254 valence electrons. The smallest absolute Gasteiger partial charge is 0.227 e. The van der Waals surface area contributed by atoms with Crippen molar-refractivity contribution in [1.29, 1.82) is 0 Å². The third-order valence-electron chi connectivity index (χ3n) is 10.3. The quantitative estimate of drug-likeness (QED) is 0.156. The lowest BCUT2D eigenvalue weighted by atomic mass is 9.94. The van der Waals surface area contributed by atoms with Crippen LogP contribution < -0.4 is 4.90 Å². The Balaban J connectivity index is 1.13. The van der Waals surface area contributed by atoms with Gasteiger partial charge in [-0.3, -0.25) is 0 Å². The first-order chi connectivity index (χ1) is 26.8. The zero-order valence-electron chi connectivity index (χ0n) is 29.4. The van der Waals surface area contributed by atoms with E-state index < -0.39 is 0 Å². The molecule has 0 unspecified atom stereocenters. The van der Waals surface area contributed by atoms with Crippen molar-refractivity contribution in [2.75, 3.05) is 4.90 Å². The lowest BCUT2D eigenvalue weighted by molar-refractivity contribution is 0.623. The van der Waals surface area contributed by atoms with Gasteiger partial charge in [0.15, 0.2) is 5.58 Å². The Bertz CT molecular complexity index is 2920. The monoisotopic (exact) mass is 690 g/mol. The molecule has 0 spiro atoms. The molecule has 10 rings (SSSR count). The van der Waals surface area contributed by atoms with Crippen LogP contribution in [0.5, 0.6) is 0 Å². The van der Waals surface area contributed by atoms with Crippen LogP contribution in [-0.2, 0) is 0 Å². The summed E-state index contributed by atoms with van der Waals surface area (Å²) in [7, 11) is 0. The Labute approximate surface area is 314 Å². The molecule has 0 saturated heterocycles. The molecule has 0 atom stereocenters. The summed E-state index contributed by atoms with van der Waals surface area (Å²) in [6, 6.07) is 73.0. The highest BCUT2D eigenvalue weighted by Gasteiger charge is 2.18. The van der Waals surface area contributed by atoms with Crippen molar-refractivity contribution in [1.82, 2.24) is 4.98 Å². The van der Waals surface area contributed by atoms with Gasteiger partial charge in [-0.25, -0.2) is 4.98 Å². The third-order valence-corrected chi connectivity index (χ3v) is 10.3. The Morgan fingerprint density at radius 3 is 1.67 bits per heavy atom. The molecule has 0 aliphatic heterocycles. The van der Waals surface area contributed by atoms with E-state index in [1.807, 2.05) is 30.3 Å². The normalized spacial score (nSPS) is 11.3. The van der Waals surface area contributed by atoms with Crippen molar-refractivity contribution >= 4 is 49.7 Å². The number of benzene rings is 9. The first-order valence-corrected chi connectivity index (χ1v) is 18.3. The lowest BCUT2D eigenvalue weighted by Gasteiger charge is -2.27. The van der Waals surface area contributed by atoms with Gasteiger partial charge in [0.2, 0.25) is 5.89 Å². The van der Waals surface area contributed by atoms with Crippen molar-refractivity contribution in [3.63, 3.8) is 0 Å². The highest BCUT2D eigenvalue weighted by atomic mass is 16.3. The van der Waals surface area contributed by atoms with Gasteiger partial charge in [0.05, 0.1) is 0 Å².